The Bertz CT molecular complexity index is 895. The molecule has 30 heavy (non-hydrogen) atoms. The minimum absolute atomic E-state index is 0.0500. The molecule has 0 atom stereocenters. The lowest BCUT2D eigenvalue weighted by molar-refractivity contribution is -0.139. The van der Waals surface area contributed by atoms with Crippen LogP contribution in [0.2, 0.25) is 0 Å². The van der Waals surface area contributed by atoms with Gasteiger partial charge in [0, 0.05) is 12.7 Å². The quantitative estimate of drug-likeness (QED) is 0.226. The molecule has 0 saturated heterocycles. The molecular formula is C22H23FO7. The van der Waals surface area contributed by atoms with Gasteiger partial charge in [-0.3, -0.25) is 4.79 Å². The van der Waals surface area contributed by atoms with Crippen molar-refractivity contribution in [1.82, 2.24) is 0 Å². The van der Waals surface area contributed by atoms with Crippen LogP contribution in [0.15, 0.2) is 48.6 Å². The van der Waals surface area contributed by atoms with Crippen LogP contribution in [0.1, 0.15) is 6.92 Å². The lowest BCUT2D eigenvalue weighted by atomic mass is 10.0. The molecule has 0 fully saturated rings. The van der Waals surface area contributed by atoms with Crippen molar-refractivity contribution in [3.05, 3.63) is 54.4 Å². The van der Waals surface area contributed by atoms with E-state index in [-0.39, 0.29) is 32.0 Å². The molecule has 0 aliphatic heterocycles. The van der Waals surface area contributed by atoms with Crippen molar-refractivity contribution < 1.29 is 37.7 Å². The first-order chi connectivity index (χ1) is 14.5. The third-order valence-corrected chi connectivity index (χ3v) is 3.85. The van der Waals surface area contributed by atoms with Crippen molar-refractivity contribution in [2.75, 3.05) is 33.5 Å². The van der Waals surface area contributed by atoms with E-state index in [4.69, 9.17) is 18.9 Å². The smallest absolute Gasteiger partial charge is 0.333 e. The fraction of sp³-hybridized carbons (Fsp3) is 0.273. The van der Waals surface area contributed by atoms with Crippen LogP contribution >= 0.6 is 0 Å². The summed E-state index contributed by atoms with van der Waals surface area (Å²) in [6, 6.07) is 9.34. The minimum atomic E-state index is -0.666. The zero-order valence-corrected chi connectivity index (χ0v) is 16.8. The van der Waals surface area contributed by atoms with Gasteiger partial charge in [0.05, 0.1) is 6.61 Å². The summed E-state index contributed by atoms with van der Waals surface area (Å²) in [6.07, 6.45) is 0. The van der Waals surface area contributed by atoms with Crippen molar-refractivity contribution in [1.29, 1.82) is 0 Å². The fourth-order valence-corrected chi connectivity index (χ4v) is 2.39. The van der Waals surface area contributed by atoms with Crippen molar-refractivity contribution in [2.24, 2.45) is 0 Å². The number of benzene rings is 2. The Hall–Kier alpha value is -3.39. The number of esters is 1. The highest BCUT2D eigenvalue weighted by Crippen LogP contribution is 2.34. The summed E-state index contributed by atoms with van der Waals surface area (Å²) in [6.45, 7) is 6.05. The van der Waals surface area contributed by atoms with E-state index in [9.17, 15) is 14.0 Å². The second-order valence-electron chi connectivity index (χ2n) is 6.13. The zero-order chi connectivity index (χ0) is 21.9. The first-order valence-corrected chi connectivity index (χ1v) is 9.07. The zero-order valence-electron chi connectivity index (χ0n) is 16.8. The van der Waals surface area contributed by atoms with Gasteiger partial charge in [-0.15, -0.1) is 0 Å². The molecule has 0 aromatic heterocycles. The number of methoxy groups -OCH3 is 1. The molecule has 0 bridgehead atoms. The molecule has 0 aliphatic rings. The summed E-state index contributed by atoms with van der Waals surface area (Å²) < 4.78 is 40.0. The third-order valence-electron chi connectivity index (χ3n) is 3.85. The maximum atomic E-state index is 14.1. The van der Waals surface area contributed by atoms with E-state index in [0.29, 0.717) is 34.8 Å². The first kappa shape index (κ1) is 22.9. The average molecular weight is 418 g/mol. The van der Waals surface area contributed by atoms with Gasteiger partial charge in [0.15, 0.2) is 23.1 Å². The summed E-state index contributed by atoms with van der Waals surface area (Å²) in [5.41, 5.74) is 1.53. The second kappa shape index (κ2) is 11.6. The van der Waals surface area contributed by atoms with Crippen LogP contribution in [-0.4, -0.2) is 46.0 Å². The SMILES string of the molecule is C=C(C)C(=O)OCCOc1ccc(-c2ccc(OC=O)c(F)c2)cc1OCCOC. The topological polar surface area (TPSA) is 80.3 Å². The number of ether oxygens (including phenoxy) is 5. The number of carbonyl (C=O) groups is 2. The van der Waals surface area contributed by atoms with Gasteiger partial charge in [0.2, 0.25) is 0 Å². The van der Waals surface area contributed by atoms with E-state index in [1.807, 2.05) is 0 Å². The summed E-state index contributed by atoms with van der Waals surface area (Å²) in [5.74, 6) is -0.461. The number of hydrogen-bond donors (Lipinski definition) is 0. The molecule has 0 saturated carbocycles. The Morgan fingerprint density at radius 2 is 1.60 bits per heavy atom. The van der Waals surface area contributed by atoms with E-state index in [1.54, 1.807) is 38.3 Å². The van der Waals surface area contributed by atoms with Crippen LogP contribution in [0.25, 0.3) is 11.1 Å². The maximum Gasteiger partial charge on any atom is 0.333 e. The predicted octanol–water partition coefficient (Wildman–Crippen LogP) is 3.55. The predicted molar refractivity (Wildman–Crippen MR) is 107 cm³/mol. The molecule has 0 N–H and O–H groups in total. The van der Waals surface area contributed by atoms with Crippen LogP contribution < -0.4 is 14.2 Å². The molecule has 160 valence electrons. The summed E-state index contributed by atoms with van der Waals surface area (Å²) in [7, 11) is 1.55. The van der Waals surface area contributed by atoms with Gasteiger partial charge in [-0.25, -0.2) is 9.18 Å². The molecule has 2 aromatic rings. The molecule has 0 aliphatic carbocycles. The average Bonchev–Trinajstić information content (AvgIpc) is 2.73. The van der Waals surface area contributed by atoms with E-state index >= 15 is 0 Å². The molecule has 0 radical (unpaired) electrons. The summed E-state index contributed by atoms with van der Waals surface area (Å²) >= 11 is 0. The highest BCUT2D eigenvalue weighted by molar-refractivity contribution is 5.86. The minimum Gasteiger partial charge on any atom is -0.487 e. The summed E-state index contributed by atoms with van der Waals surface area (Å²) in [4.78, 5) is 21.8. The summed E-state index contributed by atoms with van der Waals surface area (Å²) in [5, 5.41) is 0. The van der Waals surface area contributed by atoms with Gasteiger partial charge in [-0.1, -0.05) is 18.7 Å². The Morgan fingerprint density at radius 3 is 2.23 bits per heavy atom. The lowest BCUT2D eigenvalue weighted by Gasteiger charge is -2.15. The van der Waals surface area contributed by atoms with Crippen LogP contribution in [0.4, 0.5) is 4.39 Å². The van der Waals surface area contributed by atoms with Crippen molar-refractivity contribution in [2.45, 2.75) is 6.92 Å². The molecule has 8 heteroatoms. The molecular weight excluding hydrogens is 395 g/mol. The molecule has 0 heterocycles. The highest BCUT2D eigenvalue weighted by atomic mass is 19.1. The second-order valence-corrected chi connectivity index (χ2v) is 6.13. The monoisotopic (exact) mass is 418 g/mol. The Morgan fingerprint density at radius 1 is 0.967 bits per heavy atom. The standard InChI is InChI=1S/C22H23FO7/c1-15(2)22(25)29-11-10-27-20-7-5-17(13-21(20)28-9-8-26-3)16-4-6-19(30-14-24)18(23)12-16/h4-7,12-14H,1,8-11H2,2-3H3. The number of halogens is 1. The van der Waals surface area contributed by atoms with Crippen molar-refractivity contribution >= 4 is 12.4 Å². The molecule has 0 amide bonds. The largest absolute Gasteiger partial charge is 0.487 e. The van der Waals surface area contributed by atoms with Crippen molar-refractivity contribution in [3.8, 4) is 28.4 Å². The van der Waals surface area contributed by atoms with Crippen LogP contribution in [0.5, 0.6) is 17.2 Å². The Labute approximate surface area is 174 Å². The third kappa shape index (κ3) is 6.59. The fourth-order valence-electron chi connectivity index (χ4n) is 2.39. The van der Waals surface area contributed by atoms with E-state index in [1.165, 1.54) is 12.1 Å². The molecule has 0 spiro atoms. The van der Waals surface area contributed by atoms with Gasteiger partial charge < -0.3 is 23.7 Å². The number of carbonyl (C=O) groups excluding carboxylic acids is 2. The number of hydrogen-bond acceptors (Lipinski definition) is 7. The van der Waals surface area contributed by atoms with Gasteiger partial charge >= 0.3 is 5.97 Å². The van der Waals surface area contributed by atoms with Crippen LogP contribution in [-0.2, 0) is 19.1 Å². The molecule has 2 aromatic carbocycles. The molecule has 2 rings (SSSR count). The van der Waals surface area contributed by atoms with Crippen LogP contribution in [0.3, 0.4) is 0 Å². The lowest BCUT2D eigenvalue weighted by Crippen LogP contribution is -2.13. The normalized spacial score (nSPS) is 10.2. The van der Waals surface area contributed by atoms with E-state index in [2.05, 4.69) is 11.3 Å². The molecule has 7 nitrogen and oxygen atoms in total. The van der Waals surface area contributed by atoms with E-state index < -0.39 is 11.8 Å². The highest BCUT2D eigenvalue weighted by Gasteiger charge is 2.12. The van der Waals surface area contributed by atoms with Gasteiger partial charge in [-0.2, -0.15) is 0 Å². The van der Waals surface area contributed by atoms with Crippen LogP contribution in [0, 0.1) is 5.82 Å². The first-order valence-electron chi connectivity index (χ1n) is 9.07. The maximum absolute atomic E-state index is 14.1. The van der Waals surface area contributed by atoms with Crippen molar-refractivity contribution in [3.63, 3.8) is 0 Å². The molecule has 0 unspecified atom stereocenters. The van der Waals surface area contributed by atoms with Gasteiger partial charge in [-0.05, 0) is 42.3 Å². The Kier molecular flexibility index (Phi) is 8.83. The van der Waals surface area contributed by atoms with Gasteiger partial charge in [0.25, 0.3) is 6.47 Å². The Balaban J connectivity index is 2.16. The number of rotatable bonds is 12. The van der Waals surface area contributed by atoms with E-state index in [0.717, 1.165) is 0 Å². The van der Waals surface area contributed by atoms with Gasteiger partial charge in [0.1, 0.15) is 19.8 Å².